The van der Waals surface area contributed by atoms with Crippen molar-refractivity contribution in [3.8, 4) is 5.75 Å². The van der Waals surface area contributed by atoms with Crippen LogP contribution < -0.4 is 4.52 Å². The van der Waals surface area contributed by atoms with Gasteiger partial charge in [0.1, 0.15) is 16.9 Å². The second-order valence-corrected chi connectivity index (χ2v) is 8.17. The minimum absolute atomic E-state index is 0.781. The van der Waals surface area contributed by atoms with Crippen LogP contribution in [0.1, 0.15) is 27.8 Å². The Kier molecular flexibility index (Phi) is 4.49. The third kappa shape index (κ3) is 3.36. The van der Waals surface area contributed by atoms with E-state index in [1.165, 1.54) is 11.1 Å². The fraction of sp³-hybridized carbons (Fsp3) is 0.217. The maximum Gasteiger partial charge on any atom is 0.453 e. The van der Waals surface area contributed by atoms with Gasteiger partial charge in [-0.3, -0.25) is 0 Å². The van der Waals surface area contributed by atoms with Gasteiger partial charge in [0.2, 0.25) is 0 Å². The molecule has 0 bridgehead atoms. The standard InChI is InChI=1S/C23H23O3P/c1-14-10-17(4)22-19(12-14)20-13-15(2)11-18(5)23(20)26-27(25-22)24-21-9-7-6-8-16(21)3/h6-13H,1-5H3. The lowest BCUT2D eigenvalue weighted by molar-refractivity contribution is 0.495. The first-order valence-corrected chi connectivity index (χ1v) is 10.1. The van der Waals surface area contributed by atoms with Crippen molar-refractivity contribution in [3.63, 3.8) is 0 Å². The van der Waals surface area contributed by atoms with Crippen LogP contribution in [0.2, 0.25) is 0 Å². The maximum absolute atomic E-state index is 6.30. The largest absolute Gasteiger partial charge is 0.453 e. The first kappa shape index (κ1) is 17.8. The van der Waals surface area contributed by atoms with Gasteiger partial charge in [0, 0.05) is 10.8 Å². The summed E-state index contributed by atoms with van der Waals surface area (Å²) in [7, 11) is -1.62. The van der Waals surface area contributed by atoms with Crippen LogP contribution in [0, 0.1) is 34.6 Å². The van der Waals surface area contributed by atoms with Crippen LogP contribution in [0.15, 0.2) is 56.9 Å². The van der Waals surface area contributed by atoms with Crippen LogP contribution in [-0.2, 0) is 0 Å². The van der Waals surface area contributed by atoms with Crippen molar-refractivity contribution >= 4 is 30.2 Å². The van der Waals surface area contributed by atoms with E-state index in [4.69, 9.17) is 12.9 Å². The van der Waals surface area contributed by atoms with E-state index in [2.05, 4.69) is 52.0 Å². The fourth-order valence-corrected chi connectivity index (χ4v) is 4.76. The van der Waals surface area contributed by atoms with Gasteiger partial charge in [0.15, 0.2) is 0 Å². The predicted molar refractivity (Wildman–Crippen MR) is 112 cm³/mol. The van der Waals surface area contributed by atoms with E-state index in [9.17, 15) is 0 Å². The molecule has 1 aromatic heterocycles. The Balaban J connectivity index is 2.10. The monoisotopic (exact) mass is 378 g/mol. The summed E-state index contributed by atoms with van der Waals surface area (Å²) in [5.74, 6) is 0.781. The van der Waals surface area contributed by atoms with E-state index in [0.29, 0.717) is 0 Å². The summed E-state index contributed by atoms with van der Waals surface area (Å²) in [6.45, 7) is 10.4. The van der Waals surface area contributed by atoms with Crippen LogP contribution in [0.5, 0.6) is 5.75 Å². The summed E-state index contributed by atoms with van der Waals surface area (Å²) in [4.78, 5) is 0. The highest BCUT2D eigenvalue weighted by molar-refractivity contribution is 7.32. The van der Waals surface area contributed by atoms with Crippen molar-refractivity contribution in [3.05, 3.63) is 76.3 Å². The van der Waals surface area contributed by atoms with Gasteiger partial charge in [-0.2, -0.15) is 0 Å². The van der Waals surface area contributed by atoms with Gasteiger partial charge >= 0.3 is 8.24 Å². The molecule has 0 fully saturated rings. The van der Waals surface area contributed by atoms with E-state index in [0.717, 1.165) is 44.4 Å². The number of rotatable bonds is 2. The van der Waals surface area contributed by atoms with Gasteiger partial charge in [0.25, 0.3) is 0 Å². The summed E-state index contributed by atoms with van der Waals surface area (Å²) in [6, 6.07) is 16.5. The SMILES string of the molecule is Cc1cc(C)c2op(Oc3ccccc3C)oc3c(C)cc(C)cc3c2c1. The second-order valence-electron chi connectivity index (χ2n) is 7.18. The predicted octanol–water partition coefficient (Wildman–Crippen LogP) is 7.67. The number of hydrogen-bond acceptors (Lipinski definition) is 3. The molecule has 138 valence electrons. The number of para-hydroxylation sites is 1. The normalized spacial score (nSPS) is 11.1. The molecule has 0 unspecified atom stereocenters. The lowest BCUT2D eigenvalue weighted by Crippen LogP contribution is -1.83. The molecule has 0 aliphatic heterocycles. The fourth-order valence-electron chi connectivity index (χ4n) is 3.50. The van der Waals surface area contributed by atoms with Gasteiger partial charge in [-0.15, -0.1) is 0 Å². The third-order valence-electron chi connectivity index (χ3n) is 4.73. The zero-order valence-electron chi connectivity index (χ0n) is 16.3. The van der Waals surface area contributed by atoms with Gasteiger partial charge in [-0.25, -0.2) is 0 Å². The van der Waals surface area contributed by atoms with E-state index < -0.39 is 8.24 Å². The molecule has 0 saturated heterocycles. The van der Waals surface area contributed by atoms with Crippen LogP contribution >= 0.6 is 8.24 Å². The minimum Gasteiger partial charge on any atom is -0.390 e. The molecular weight excluding hydrogens is 355 g/mol. The van der Waals surface area contributed by atoms with Crippen molar-refractivity contribution in [1.29, 1.82) is 0 Å². The molecule has 0 radical (unpaired) electrons. The average molecular weight is 378 g/mol. The van der Waals surface area contributed by atoms with E-state index >= 15 is 0 Å². The zero-order chi connectivity index (χ0) is 19.1. The third-order valence-corrected chi connectivity index (χ3v) is 5.74. The number of benzene rings is 3. The maximum atomic E-state index is 6.30. The Morgan fingerprint density at radius 1 is 0.667 bits per heavy atom. The molecule has 4 aromatic rings. The summed E-state index contributed by atoms with van der Waals surface area (Å²) in [6.07, 6.45) is 0. The van der Waals surface area contributed by atoms with Crippen molar-refractivity contribution in [2.75, 3.05) is 0 Å². The molecule has 0 amide bonds. The Bertz CT molecular complexity index is 1130. The van der Waals surface area contributed by atoms with Gasteiger partial charge in [-0.1, -0.05) is 30.3 Å². The smallest absolute Gasteiger partial charge is 0.390 e. The van der Waals surface area contributed by atoms with E-state index in [1.807, 2.05) is 31.2 Å². The van der Waals surface area contributed by atoms with Gasteiger partial charge in [0.05, 0.1) is 0 Å². The lowest BCUT2D eigenvalue weighted by atomic mass is 10.0. The highest BCUT2D eigenvalue weighted by atomic mass is 31.1. The minimum atomic E-state index is -1.62. The second kappa shape index (κ2) is 6.83. The van der Waals surface area contributed by atoms with E-state index in [1.54, 1.807) is 0 Å². The van der Waals surface area contributed by atoms with Gasteiger partial charge in [-0.05, 0) is 80.6 Å². The molecule has 0 saturated carbocycles. The first-order valence-electron chi connectivity index (χ1n) is 9.05. The average Bonchev–Trinajstić information content (AvgIpc) is 2.75. The van der Waals surface area contributed by atoms with Gasteiger partial charge < -0.3 is 12.9 Å². The van der Waals surface area contributed by atoms with Crippen LogP contribution in [-0.4, -0.2) is 0 Å². The molecule has 4 rings (SSSR count). The quantitative estimate of drug-likeness (QED) is 0.359. The Morgan fingerprint density at radius 3 is 1.70 bits per heavy atom. The summed E-state index contributed by atoms with van der Waals surface area (Å²) < 4.78 is 18.8. The molecule has 0 aliphatic rings. The van der Waals surface area contributed by atoms with Crippen molar-refractivity contribution in [1.82, 2.24) is 0 Å². The molecule has 4 heteroatoms. The first-order chi connectivity index (χ1) is 12.9. The topological polar surface area (TPSA) is 35.5 Å². The Labute approximate surface area is 160 Å². The molecule has 27 heavy (non-hydrogen) atoms. The summed E-state index contributed by atoms with van der Waals surface area (Å²) >= 11 is 0. The Hall–Kier alpha value is -2.64. The van der Waals surface area contributed by atoms with Crippen LogP contribution in [0.4, 0.5) is 0 Å². The summed E-state index contributed by atoms with van der Waals surface area (Å²) in [5.41, 5.74) is 7.30. The Morgan fingerprint density at radius 2 is 1.19 bits per heavy atom. The molecule has 3 aromatic carbocycles. The van der Waals surface area contributed by atoms with Crippen molar-refractivity contribution in [2.45, 2.75) is 34.6 Å². The molecule has 3 nitrogen and oxygen atoms in total. The zero-order valence-corrected chi connectivity index (χ0v) is 17.2. The molecule has 0 atom stereocenters. The number of hydrogen-bond donors (Lipinski definition) is 0. The van der Waals surface area contributed by atoms with Crippen molar-refractivity contribution in [2.24, 2.45) is 0 Å². The van der Waals surface area contributed by atoms with Crippen LogP contribution in [0.25, 0.3) is 21.9 Å². The molecular formula is C23H23O3P. The lowest BCUT2D eigenvalue weighted by Gasteiger charge is -2.05. The highest BCUT2D eigenvalue weighted by Crippen LogP contribution is 2.40. The molecule has 0 spiro atoms. The molecule has 0 N–H and O–H groups in total. The molecule has 1 heterocycles. The number of aryl methyl sites for hydroxylation is 5. The number of fused-ring (bicyclic) bond motifs is 3. The van der Waals surface area contributed by atoms with Crippen molar-refractivity contribution < 1.29 is 12.9 Å². The summed E-state index contributed by atoms with van der Waals surface area (Å²) in [5, 5.41) is 2.13. The highest BCUT2D eigenvalue weighted by Gasteiger charge is 2.13. The van der Waals surface area contributed by atoms with Crippen LogP contribution in [0.3, 0.4) is 0 Å². The van der Waals surface area contributed by atoms with E-state index in [-0.39, 0.29) is 0 Å². The molecule has 0 aliphatic carbocycles.